The van der Waals surface area contributed by atoms with Crippen molar-refractivity contribution in [3.05, 3.63) is 82.7 Å². The van der Waals surface area contributed by atoms with Crippen LogP contribution in [0.2, 0.25) is 39.3 Å². The molecular formula is C22H30P2Si2. The molecule has 0 spiro atoms. The van der Waals surface area contributed by atoms with Crippen LogP contribution < -0.4 is 10.6 Å². The van der Waals surface area contributed by atoms with Gasteiger partial charge in [0.2, 0.25) is 0 Å². The molecule has 2 aromatic rings. The molecule has 1 aliphatic rings. The third kappa shape index (κ3) is 4.20. The highest BCUT2D eigenvalue weighted by atomic mass is 32.1. The first kappa shape index (κ1) is 20.0. The van der Waals surface area contributed by atoms with Crippen LogP contribution in [0.15, 0.2) is 82.7 Å². The van der Waals surface area contributed by atoms with Crippen LogP contribution >= 0.6 is 15.2 Å². The lowest BCUT2D eigenvalue weighted by Crippen LogP contribution is -2.31. The summed E-state index contributed by atoms with van der Waals surface area (Å²) in [6.45, 7) is 15.1. The zero-order chi connectivity index (χ0) is 18.9. The van der Waals surface area contributed by atoms with Gasteiger partial charge in [-0.25, -0.2) is 0 Å². The Morgan fingerprint density at radius 1 is 0.500 bits per heavy atom. The molecule has 26 heavy (non-hydrogen) atoms. The minimum absolute atomic E-state index is 0.308. The highest BCUT2D eigenvalue weighted by molar-refractivity contribution is 8.40. The third-order valence-electron chi connectivity index (χ3n) is 4.59. The second kappa shape index (κ2) is 7.68. The summed E-state index contributed by atoms with van der Waals surface area (Å²) in [6.07, 6.45) is 5.08. The molecule has 4 heteroatoms. The van der Waals surface area contributed by atoms with Gasteiger partial charge in [-0.1, -0.05) is 112 Å². The molecule has 0 fully saturated rings. The van der Waals surface area contributed by atoms with Crippen molar-refractivity contribution in [2.45, 2.75) is 39.3 Å². The molecule has 0 N–H and O–H groups in total. The van der Waals surface area contributed by atoms with Crippen LogP contribution in [-0.4, -0.2) is 16.1 Å². The van der Waals surface area contributed by atoms with E-state index in [0.29, 0.717) is 0 Å². The molecule has 0 bridgehead atoms. The quantitative estimate of drug-likeness (QED) is 0.373. The minimum atomic E-state index is -1.39. The molecule has 0 saturated heterocycles. The monoisotopic (exact) mass is 412 g/mol. The molecular weight excluding hydrogens is 382 g/mol. The van der Waals surface area contributed by atoms with E-state index in [1.165, 1.54) is 0 Å². The summed E-state index contributed by atoms with van der Waals surface area (Å²) >= 11 is 0. The molecule has 0 aliphatic carbocycles. The Hall–Kier alpha value is -0.786. The smallest absolute Gasteiger partial charge is 0.0656 e. The standard InChI is InChI=1S/C22H30P2Si2/c1-25(2,3)21-17-18-22(26(4,5)6)24(20-15-11-8-12-16-20)23(21)19-13-9-7-10-14-19/h7-18H,1-6H3. The molecule has 0 radical (unpaired) electrons. The lowest BCUT2D eigenvalue weighted by molar-refractivity contribution is 1.68. The van der Waals surface area contributed by atoms with E-state index >= 15 is 0 Å². The van der Waals surface area contributed by atoms with E-state index in [0.717, 1.165) is 0 Å². The Bertz CT molecular complexity index is 741. The summed E-state index contributed by atoms with van der Waals surface area (Å²) in [6, 6.07) is 22.7. The highest BCUT2D eigenvalue weighted by Gasteiger charge is 2.41. The molecule has 0 saturated carbocycles. The first-order valence-electron chi connectivity index (χ1n) is 9.33. The van der Waals surface area contributed by atoms with Gasteiger partial charge in [0, 0.05) is 0 Å². The average Bonchev–Trinajstić information content (AvgIpc) is 2.60. The zero-order valence-electron chi connectivity index (χ0n) is 16.8. The molecule has 3 rings (SSSR count). The topological polar surface area (TPSA) is 0 Å². The van der Waals surface area contributed by atoms with Gasteiger partial charge in [0.1, 0.15) is 0 Å². The lowest BCUT2D eigenvalue weighted by Gasteiger charge is -2.42. The Balaban J connectivity index is 2.26. The maximum absolute atomic E-state index is 2.54. The van der Waals surface area contributed by atoms with Crippen molar-refractivity contribution in [3.63, 3.8) is 0 Å². The van der Waals surface area contributed by atoms with Gasteiger partial charge in [0.05, 0.1) is 16.1 Å². The largest absolute Gasteiger partial charge is 0.0790 e. The molecule has 2 aromatic carbocycles. The number of allylic oxidation sites excluding steroid dienone is 2. The second-order valence-electron chi connectivity index (χ2n) is 8.90. The van der Waals surface area contributed by atoms with Crippen LogP contribution in [0.4, 0.5) is 0 Å². The summed E-state index contributed by atoms with van der Waals surface area (Å²) in [4.78, 5) is 3.55. The van der Waals surface area contributed by atoms with Crippen LogP contribution in [0.25, 0.3) is 0 Å². The number of hydrogen-bond acceptors (Lipinski definition) is 0. The van der Waals surface area contributed by atoms with E-state index < -0.39 is 16.1 Å². The van der Waals surface area contributed by atoms with Crippen molar-refractivity contribution in [2.24, 2.45) is 0 Å². The van der Waals surface area contributed by atoms with Crippen molar-refractivity contribution in [1.29, 1.82) is 0 Å². The van der Waals surface area contributed by atoms with Crippen LogP contribution in [0.5, 0.6) is 0 Å². The SMILES string of the molecule is C[Si](C)(C)C1=CC=C([Si](C)(C)C)P(c2ccccc2)P1c1ccccc1. The van der Waals surface area contributed by atoms with Gasteiger partial charge in [-0.3, -0.25) is 0 Å². The first-order chi connectivity index (χ1) is 12.2. The van der Waals surface area contributed by atoms with Crippen molar-refractivity contribution < 1.29 is 0 Å². The molecule has 0 nitrogen and oxygen atoms in total. The zero-order valence-corrected chi connectivity index (χ0v) is 20.6. The normalized spacial score (nSPS) is 21.2. The fourth-order valence-electron chi connectivity index (χ4n) is 3.30. The Kier molecular flexibility index (Phi) is 5.90. The molecule has 0 amide bonds. The van der Waals surface area contributed by atoms with Gasteiger partial charge in [-0.15, -0.1) is 0 Å². The lowest BCUT2D eigenvalue weighted by atomic mass is 10.4. The van der Waals surface area contributed by atoms with Gasteiger partial charge in [0.25, 0.3) is 0 Å². The van der Waals surface area contributed by atoms with Gasteiger partial charge in [-0.05, 0) is 35.7 Å². The van der Waals surface area contributed by atoms with E-state index in [1.807, 2.05) is 0 Å². The van der Waals surface area contributed by atoms with Gasteiger partial charge < -0.3 is 0 Å². The van der Waals surface area contributed by atoms with Crippen molar-refractivity contribution >= 4 is 42.0 Å². The summed E-state index contributed by atoms with van der Waals surface area (Å²) in [5.74, 6) is 0. The maximum Gasteiger partial charge on any atom is 0.0790 e. The number of hydrogen-bond donors (Lipinski definition) is 0. The highest BCUT2D eigenvalue weighted by Crippen LogP contribution is 2.79. The second-order valence-corrected chi connectivity index (χ2v) is 25.5. The molecule has 2 unspecified atom stereocenters. The fraction of sp³-hybridized carbons (Fsp3) is 0.273. The molecule has 1 aliphatic heterocycles. The van der Waals surface area contributed by atoms with E-state index in [4.69, 9.17) is 0 Å². The van der Waals surface area contributed by atoms with Crippen LogP contribution in [0.1, 0.15) is 0 Å². The first-order valence-corrected chi connectivity index (χ1v) is 19.7. The number of rotatable bonds is 4. The predicted molar refractivity (Wildman–Crippen MR) is 129 cm³/mol. The van der Waals surface area contributed by atoms with Crippen LogP contribution in [0.3, 0.4) is 0 Å². The summed E-state index contributed by atoms with van der Waals surface area (Å²) in [5, 5.41) is 3.13. The van der Waals surface area contributed by atoms with Crippen LogP contribution in [0, 0.1) is 0 Å². The van der Waals surface area contributed by atoms with Gasteiger partial charge in [-0.2, -0.15) is 0 Å². The molecule has 0 aromatic heterocycles. The fourth-order valence-corrected chi connectivity index (χ4v) is 24.2. The van der Waals surface area contributed by atoms with E-state index in [9.17, 15) is 0 Å². The third-order valence-corrected chi connectivity index (χ3v) is 21.6. The maximum atomic E-state index is 2.54. The van der Waals surface area contributed by atoms with Crippen molar-refractivity contribution in [1.82, 2.24) is 0 Å². The Morgan fingerprint density at radius 2 is 0.808 bits per heavy atom. The predicted octanol–water partition coefficient (Wildman–Crippen LogP) is 7.05. The summed E-state index contributed by atoms with van der Waals surface area (Å²) < 4.78 is 0. The van der Waals surface area contributed by atoms with Crippen LogP contribution in [-0.2, 0) is 0 Å². The minimum Gasteiger partial charge on any atom is -0.0656 e. The molecule has 136 valence electrons. The summed E-state index contributed by atoms with van der Waals surface area (Å²) in [7, 11) is -3.39. The molecule has 1 heterocycles. The van der Waals surface area contributed by atoms with E-state index in [2.05, 4.69) is 112 Å². The van der Waals surface area contributed by atoms with E-state index in [1.54, 1.807) is 20.5 Å². The number of benzene rings is 2. The Labute approximate surface area is 163 Å². The molecule has 2 atom stereocenters. The van der Waals surface area contributed by atoms with Gasteiger partial charge >= 0.3 is 0 Å². The van der Waals surface area contributed by atoms with Crippen molar-refractivity contribution in [3.8, 4) is 0 Å². The average molecular weight is 413 g/mol. The van der Waals surface area contributed by atoms with Gasteiger partial charge in [0.15, 0.2) is 0 Å². The van der Waals surface area contributed by atoms with E-state index in [-0.39, 0.29) is 15.2 Å². The summed E-state index contributed by atoms with van der Waals surface area (Å²) in [5.41, 5.74) is 0. The Morgan fingerprint density at radius 3 is 1.08 bits per heavy atom. The van der Waals surface area contributed by atoms with Crippen molar-refractivity contribution in [2.75, 3.05) is 0 Å².